The zero-order valence-corrected chi connectivity index (χ0v) is 15.9. The highest BCUT2D eigenvalue weighted by Gasteiger charge is 2.20. The average Bonchev–Trinajstić information content (AvgIpc) is 2.62. The van der Waals surface area contributed by atoms with Crippen molar-refractivity contribution in [2.24, 2.45) is 5.73 Å². The molecule has 26 heavy (non-hydrogen) atoms. The Balaban J connectivity index is 2.19. The number of Topliss-reactive ketones (excluding diaryl/α,β-unsaturated/α-hetero) is 1. The number of carbonyl (C=O) groups is 1. The first-order valence-electron chi connectivity index (χ1n) is 8.81. The maximum absolute atomic E-state index is 12.0. The lowest BCUT2D eigenvalue weighted by Gasteiger charge is -2.23. The summed E-state index contributed by atoms with van der Waals surface area (Å²) in [6.07, 6.45) is 0.985. The molecule has 0 radical (unpaired) electrons. The standard InChI is InChI=1S/C22H26N2O2/c1-6-19(23)20(25)13-15-7-10-17(11-8-15)26-21-12-9-16(24-5)14-18(21)22(2,3)4/h7-12,14,19H,6,13,23H2,1-4H3/t19-/m1/s1. The molecule has 0 amide bonds. The zero-order chi connectivity index (χ0) is 19.3. The van der Waals surface area contributed by atoms with Crippen molar-refractivity contribution >= 4 is 11.5 Å². The molecule has 0 fully saturated rings. The number of carbonyl (C=O) groups excluding carboxylic acids is 1. The quantitative estimate of drug-likeness (QED) is 0.731. The van der Waals surface area contributed by atoms with Crippen molar-refractivity contribution in [1.29, 1.82) is 0 Å². The average molecular weight is 350 g/mol. The SMILES string of the molecule is [C-]#[N+]c1ccc(Oc2ccc(CC(=O)[C@H](N)CC)cc2)c(C(C)(C)C)c1. The molecule has 0 bridgehead atoms. The first kappa shape index (κ1) is 19.7. The predicted octanol–water partition coefficient (Wildman–Crippen LogP) is 5.18. The second kappa shape index (κ2) is 8.16. The lowest BCUT2D eigenvalue weighted by Crippen LogP contribution is -2.30. The number of ketones is 1. The van der Waals surface area contributed by atoms with Gasteiger partial charge in [-0.25, -0.2) is 4.85 Å². The van der Waals surface area contributed by atoms with Gasteiger partial charge >= 0.3 is 0 Å². The fourth-order valence-electron chi connectivity index (χ4n) is 2.62. The number of benzene rings is 2. The molecular weight excluding hydrogens is 324 g/mol. The molecule has 0 spiro atoms. The van der Waals surface area contributed by atoms with E-state index < -0.39 is 6.04 Å². The fourth-order valence-corrected chi connectivity index (χ4v) is 2.62. The summed E-state index contributed by atoms with van der Waals surface area (Å²) in [6, 6.07) is 12.6. The Morgan fingerprint density at radius 1 is 1.19 bits per heavy atom. The van der Waals surface area contributed by atoms with Gasteiger partial charge in [-0.15, -0.1) is 0 Å². The van der Waals surface area contributed by atoms with Crippen LogP contribution in [-0.4, -0.2) is 11.8 Å². The number of nitrogens with zero attached hydrogens (tertiary/aromatic N) is 1. The van der Waals surface area contributed by atoms with Crippen LogP contribution < -0.4 is 10.5 Å². The number of ether oxygens (including phenoxy) is 1. The minimum Gasteiger partial charge on any atom is -0.457 e. The van der Waals surface area contributed by atoms with Crippen LogP contribution in [0.1, 0.15) is 45.2 Å². The molecule has 0 unspecified atom stereocenters. The summed E-state index contributed by atoms with van der Waals surface area (Å²) in [5, 5.41) is 0. The van der Waals surface area contributed by atoms with Crippen LogP contribution in [0, 0.1) is 6.57 Å². The van der Waals surface area contributed by atoms with Gasteiger partial charge in [-0.1, -0.05) is 45.9 Å². The zero-order valence-electron chi connectivity index (χ0n) is 15.9. The highest BCUT2D eigenvalue weighted by atomic mass is 16.5. The molecular formula is C22H26N2O2. The van der Waals surface area contributed by atoms with E-state index in [0.29, 0.717) is 24.3 Å². The molecule has 2 rings (SSSR count). The molecule has 136 valence electrons. The van der Waals surface area contributed by atoms with E-state index in [2.05, 4.69) is 25.6 Å². The van der Waals surface area contributed by atoms with Crippen LogP contribution in [0.25, 0.3) is 4.85 Å². The fraction of sp³-hybridized carbons (Fsp3) is 0.364. The van der Waals surface area contributed by atoms with Crippen molar-refractivity contribution in [3.63, 3.8) is 0 Å². The van der Waals surface area contributed by atoms with Gasteiger partial charge in [-0.3, -0.25) is 4.79 Å². The summed E-state index contributed by atoms with van der Waals surface area (Å²) in [5.74, 6) is 1.48. The monoisotopic (exact) mass is 350 g/mol. The summed E-state index contributed by atoms with van der Waals surface area (Å²) in [7, 11) is 0. The smallest absolute Gasteiger partial charge is 0.187 e. The van der Waals surface area contributed by atoms with Gasteiger partial charge in [0.1, 0.15) is 11.5 Å². The Morgan fingerprint density at radius 3 is 2.38 bits per heavy atom. The molecule has 0 saturated carbocycles. The Hall–Kier alpha value is -2.64. The first-order chi connectivity index (χ1) is 12.2. The Bertz CT molecular complexity index is 812. The lowest BCUT2D eigenvalue weighted by molar-refractivity contribution is -0.119. The van der Waals surface area contributed by atoms with Crippen molar-refractivity contribution in [1.82, 2.24) is 0 Å². The molecule has 1 atom stereocenters. The molecule has 4 nitrogen and oxygen atoms in total. The van der Waals surface area contributed by atoms with E-state index in [-0.39, 0.29) is 11.2 Å². The van der Waals surface area contributed by atoms with Crippen LogP contribution in [0.5, 0.6) is 11.5 Å². The Labute approximate surface area is 155 Å². The van der Waals surface area contributed by atoms with Gasteiger partial charge in [0.15, 0.2) is 11.5 Å². The van der Waals surface area contributed by atoms with Crippen molar-refractivity contribution in [3.8, 4) is 11.5 Å². The van der Waals surface area contributed by atoms with E-state index in [0.717, 1.165) is 16.9 Å². The largest absolute Gasteiger partial charge is 0.457 e. The van der Waals surface area contributed by atoms with Gasteiger partial charge in [-0.05, 0) is 47.2 Å². The topological polar surface area (TPSA) is 56.7 Å². The third-order valence-corrected chi connectivity index (χ3v) is 4.28. The van der Waals surface area contributed by atoms with Gasteiger partial charge in [0.05, 0.1) is 12.6 Å². The van der Waals surface area contributed by atoms with Crippen molar-refractivity contribution in [2.75, 3.05) is 0 Å². The van der Waals surface area contributed by atoms with Gasteiger partial charge < -0.3 is 10.5 Å². The molecule has 0 heterocycles. The number of hydrogen-bond donors (Lipinski definition) is 1. The maximum atomic E-state index is 12.0. The van der Waals surface area contributed by atoms with Crippen LogP contribution in [0.4, 0.5) is 5.69 Å². The molecule has 0 aliphatic heterocycles. The van der Waals surface area contributed by atoms with Crippen molar-refractivity contribution in [2.45, 2.75) is 52.0 Å². The van der Waals surface area contributed by atoms with Gasteiger partial charge in [0, 0.05) is 6.42 Å². The number of rotatable bonds is 6. The van der Waals surface area contributed by atoms with Gasteiger partial charge in [0.25, 0.3) is 0 Å². The van der Waals surface area contributed by atoms with Crippen LogP contribution >= 0.6 is 0 Å². The first-order valence-corrected chi connectivity index (χ1v) is 8.81. The third-order valence-electron chi connectivity index (χ3n) is 4.28. The second-order valence-corrected chi connectivity index (χ2v) is 7.45. The van der Waals surface area contributed by atoms with Crippen LogP contribution in [-0.2, 0) is 16.6 Å². The highest BCUT2D eigenvalue weighted by molar-refractivity contribution is 5.85. The van der Waals surface area contributed by atoms with Crippen LogP contribution in [0.2, 0.25) is 0 Å². The minimum absolute atomic E-state index is 0.0471. The molecule has 4 heteroatoms. The maximum Gasteiger partial charge on any atom is 0.187 e. The summed E-state index contributed by atoms with van der Waals surface area (Å²) in [6.45, 7) is 15.4. The minimum atomic E-state index is -0.402. The highest BCUT2D eigenvalue weighted by Crippen LogP contribution is 2.36. The van der Waals surface area contributed by atoms with E-state index in [9.17, 15) is 4.79 Å². The Morgan fingerprint density at radius 2 is 1.85 bits per heavy atom. The molecule has 2 aromatic rings. The number of hydrogen-bond acceptors (Lipinski definition) is 3. The van der Waals surface area contributed by atoms with Gasteiger partial charge in [0.2, 0.25) is 0 Å². The van der Waals surface area contributed by atoms with Crippen molar-refractivity contribution in [3.05, 3.63) is 65.0 Å². The summed E-state index contributed by atoms with van der Waals surface area (Å²) < 4.78 is 6.05. The third kappa shape index (κ3) is 4.93. The Kier molecular flexibility index (Phi) is 6.18. The van der Waals surface area contributed by atoms with E-state index in [1.807, 2.05) is 43.3 Å². The van der Waals surface area contributed by atoms with E-state index in [1.54, 1.807) is 6.07 Å². The van der Waals surface area contributed by atoms with Gasteiger partial charge in [-0.2, -0.15) is 0 Å². The summed E-state index contributed by atoms with van der Waals surface area (Å²) in [4.78, 5) is 15.5. The van der Waals surface area contributed by atoms with E-state index >= 15 is 0 Å². The molecule has 0 aliphatic carbocycles. The normalized spacial score (nSPS) is 12.3. The van der Waals surface area contributed by atoms with Crippen LogP contribution in [0.15, 0.2) is 42.5 Å². The lowest BCUT2D eigenvalue weighted by atomic mass is 9.86. The van der Waals surface area contributed by atoms with E-state index in [4.69, 9.17) is 17.0 Å². The summed E-state index contributed by atoms with van der Waals surface area (Å²) in [5.41, 5.74) is 8.15. The summed E-state index contributed by atoms with van der Waals surface area (Å²) >= 11 is 0. The predicted molar refractivity (Wildman–Crippen MR) is 105 cm³/mol. The van der Waals surface area contributed by atoms with E-state index in [1.165, 1.54) is 0 Å². The molecule has 0 aliphatic rings. The second-order valence-electron chi connectivity index (χ2n) is 7.45. The van der Waals surface area contributed by atoms with Crippen molar-refractivity contribution < 1.29 is 9.53 Å². The number of nitrogens with two attached hydrogens (primary N) is 1. The molecule has 2 aromatic carbocycles. The molecule has 0 saturated heterocycles. The molecule has 2 N–H and O–H groups in total. The molecule has 0 aromatic heterocycles. The van der Waals surface area contributed by atoms with Crippen LogP contribution in [0.3, 0.4) is 0 Å².